The van der Waals surface area contributed by atoms with Crippen LogP contribution in [0, 0.1) is 0 Å². The maximum atomic E-state index is 12.4. The van der Waals surface area contributed by atoms with E-state index in [0.29, 0.717) is 10.6 Å². The molecule has 0 saturated heterocycles. The third-order valence-electron chi connectivity index (χ3n) is 3.78. The molecule has 0 aliphatic carbocycles. The van der Waals surface area contributed by atoms with Crippen LogP contribution in [0.3, 0.4) is 0 Å². The molecular formula is C19H22N4O3S. The van der Waals surface area contributed by atoms with Gasteiger partial charge in [-0.2, -0.15) is 0 Å². The molecule has 7 nitrogen and oxygen atoms in total. The number of fused-ring (bicyclic) bond motifs is 3. The number of carbonyl (C=O) groups is 2. The lowest BCUT2D eigenvalue weighted by Gasteiger charge is -2.23. The third kappa shape index (κ3) is 4.57. The van der Waals surface area contributed by atoms with Crippen LogP contribution in [0.2, 0.25) is 0 Å². The molecule has 27 heavy (non-hydrogen) atoms. The van der Waals surface area contributed by atoms with Crippen LogP contribution in [0.5, 0.6) is 0 Å². The Morgan fingerprint density at radius 1 is 1.22 bits per heavy atom. The highest BCUT2D eigenvalue weighted by molar-refractivity contribution is 8.00. The Morgan fingerprint density at radius 2 is 1.96 bits per heavy atom. The molecule has 2 amide bonds. The van der Waals surface area contributed by atoms with Crippen LogP contribution < -0.4 is 5.32 Å². The summed E-state index contributed by atoms with van der Waals surface area (Å²) in [4.78, 5) is 34.3. The van der Waals surface area contributed by atoms with E-state index in [-0.39, 0.29) is 29.7 Å². The number of nitrogens with zero attached hydrogens (tertiary/aromatic N) is 3. The second-order valence-corrected chi connectivity index (χ2v) is 8.26. The fourth-order valence-corrected chi connectivity index (χ4v) is 3.48. The summed E-state index contributed by atoms with van der Waals surface area (Å²) in [5.41, 5.74) is 1.71. The van der Waals surface area contributed by atoms with Gasteiger partial charge in [-0.1, -0.05) is 23.9 Å². The molecule has 0 saturated carbocycles. The number of para-hydroxylation sites is 1. The van der Waals surface area contributed by atoms with Crippen molar-refractivity contribution in [3.63, 3.8) is 0 Å². The molecule has 0 fully saturated rings. The zero-order valence-corrected chi connectivity index (χ0v) is 16.6. The molecule has 0 spiro atoms. The molecule has 8 heteroatoms. The Kier molecular flexibility index (Phi) is 5.36. The van der Waals surface area contributed by atoms with Gasteiger partial charge in [-0.3, -0.25) is 9.59 Å². The maximum absolute atomic E-state index is 12.4. The van der Waals surface area contributed by atoms with Crippen molar-refractivity contribution < 1.29 is 14.0 Å². The molecule has 3 aromatic rings. The number of hydrogen-bond acceptors (Lipinski definition) is 6. The number of nitrogens with one attached hydrogen (secondary N) is 1. The quantitative estimate of drug-likeness (QED) is 0.536. The van der Waals surface area contributed by atoms with Gasteiger partial charge in [0.15, 0.2) is 5.58 Å². The van der Waals surface area contributed by atoms with E-state index in [4.69, 9.17) is 4.42 Å². The van der Waals surface area contributed by atoms with Crippen LogP contribution in [0.25, 0.3) is 22.1 Å². The van der Waals surface area contributed by atoms with Gasteiger partial charge in [-0.05, 0) is 32.9 Å². The van der Waals surface area contributed by atoms with E-state index in [2.05, 4.69) is 15.3 Å². The SMILES string of the molecule is CN(CC(=O)NC(C)(C)C)C(=O)CSc1ncnc2c1oc1ccccc12. The summed E-state index contributed by atoms with van der Waals surface area (Å²) in [6.45, 7) is 5.71. The molecule has 0 aliphatic rings. The zero-order chi connectivity index (χ0) is 19.6. The lowest BCUT2D eigenvalue weighted by Crippen LogP contribution is -2.46. The number of thioether (sulfide) groups is 1. The van der Waals surface area contributed by atoms with Gasteiger partial charge in [0, 0.05) is 18.0 Å². The lowest BCUT2D eigenvalue weighted by molar-refractivity contribution is -0.133. The summed E-state index contributed by atoms with van der Waals surface area (Å²) < 4.78 is 5.86. The van der Waals surface area contributed by atoms with Crippen molar-refractivity contribution in [2.45, 2.75) is 31.3 Å². The predicted octanol–water partition coefficient (Wildman–Crippen LogP) is 2.84. The van der Waals surface area contributed by atoms with Crippen molar-refractivity contribution in [3.8, 4) is 0 Å². The average molecular weight is 386 g/mol. The molecule has 3 rings (SSSR count). The highest BCUT2D eigenvalue weighted by Gasteiger charge is 2.19. The minimum Gasteiger partial charge on any atom is -0.451 e. The summed E-state index contributed by atoms with van der Waals surface area (Å²) in [5.74, 6) is -0.195. The first-order valence-corrected chi connectivity index (χ1v) is 9.53. The second kappa shape index (κ2) is 7.56. The number of hydrogen-bond donors (Lipinski definition) is 1. The minimum atomic E-state index is -0.330. The first-order chi connectivity index (χ1) is 12.7. The van der Waals surface area contributed by atoms with Gasteiger partial charge in [0.1, 0.15) is 22.5 Å². The van der Waals surface area contributed by atoms with Crippen LogP contribution in [0.4, 0.5) is 0 Å². The Balaban J connectivity index is 1.67. The maximum Gasteiger partial charge on any atom is 0.240 e. The van der Waals surface area contributed by atoms with Crippen LogP contribution in [-0.2, 0) is 9.59 Å². The largest absolute Gasteiger partial charge is 0.451 e. The smallest absolute Gasteiger partial charge is 0.240 e. The van der Waals surface area contributed by atoms with Crippen molar-refractivity contribution in [2.24, 2.45) is 0 Å². The lowest BCUT2D eigenvalue weighted by atomic mass is 10.1. The predicted molar refractivity (Wildman–Crippen MR) is 106 cm³/mol. The third-order valence-corrected chi connectivity index (χ3v) is 4.73. The van der Waals surface area contributed by atoms with Crippen molar-refractivity contribution >= 4 is 45.6 Å². The molecule has 142 valence electrons. The molecule has 0 unspecified atom stereocenters. The summed E-state index contributed by atoms with van der Waals surface area (Å²) in [6.07, 6.45) is 1.47. The van der Waals surface area contributed by atoms with Crippen LogP contribution in [0.15, 0.2) is 40.0 Å². The first-order valence-electron chi connectivity index (χ1n) is 8.54. The fourth-order valence-electron chi connectivity index (χ4n) is 2.61. The number of rotatable bonds is 5. The molecule has 0 atom stereocenters. The van der Waals surface area contributed by atoms with Crippen molar-refractivity contribution in [1.29, 1.82) is 0 Å². The summed E-state index contributed by atoms with van der Waals surface area (Å²) in [5, 5.41) is 4.37. The van der Waals surface area contributed by atoms with E-state index < -0.39 is 0 Å². The standard InChI is InChI=1S/C19H22N4O3S/c1-19(2,3)22-14(24)9-23(4)15(25)10-27-18-17-16(20-11-21-18)12-7-5-6-8-13(12)26-17/h5-8,11H,9-10H2,1-4H3,(H,22,24). The highest BCUT2D eigenvalue weighted by Crippen LogP contribution is 2.32. The van der Waals surface area contributed by atoms with E-state index in [1.807, 2.05) is 45.0 Å². The Labute approximate surface area is 161 Å². The van der Waals surface area contributed by atoms with Crippen LogP contribution in [0.1, 0.15) is 20.8 Å². The average Bonchev–Trinajstić information content (AvgIpc) is 2.97. The van der Waals surface area contributed by atoms with Crippen LogP contribution in [-0.4, -0.2) is 51.6 Å². The van der Waals surface area contributed by atoms with Gasteiger partial charge in [-0.15, -0.1) is 0 Å². The molecule has 2 aromatic heterocycles. The van der Waals surface area contributed by atoms with E-state index in [0.717, 1.165) is 16.5 Å². The fraction of sp³-hybridized carbons (Fsp3) is 0.368. The van der Waals surface area contributed by atoms with Gasteiger partial charge in [0.25, 0.3) is 0 Å². The first kappa shape index (κ1) is 19.2. The highest BCUT2D eigenvalue weighted by atomic mass is 32.2. The van der Waals surface area contributed by atoms with Gasteiger partial charge in [0.2, 0.25) is 11.8 Å². The number of aromatic nitrogens is 2. The van der Waals surface area contributed by atoms with Gasteiger partial charge in [-0.25, -0.2) is 9.97 Å². The second-order valence-electron chi connectivity index (χ2n) is 7.29. The van der Waals surface area contributed by atoms with E-state index >= 15 is 0 Å². The van der Waals surface area contributed by atoms with Crippen molar-refractivity contribution in [3.05, 3.63) is 30.6 Å². The number of amides is 2. The molecule has 0 radical (unpaired) electrons. The number of likely N-dealkylation sites (N-methyl/N-ethyl adjacent to an activating group) is 1. The minimum absolute atomic E-state index is 0.0144. The van der Waals surface area contributed by atoms with Gasteiger partial charge < -0.3 is 14.6 Å². The molecular weight excluding hydrogens is 364 g/mol. The van der Waals surface area contributed by atoms with E-state index in [1.54, 1.807) is 7.05 Å². The van der Waals surface area contributed by atoms with Gasteiger partial charge >= 0.3 is 0 Å². The normalized spacial score (nSPS) is 11.7. The van der Waals surface area contributed by atoms with Gasteiger partial charge in [0.05, 0.1) is 12.3 Å². The topological polar surface area (TPSA) is 88.3 Å². The zero-order valence-electron chi connectivity index (χ0n) is 15.8. The van der Waals surface area contributed by atoms with E-state index in [1.165, 1.54) is 23.0 Å². The number of benzene rings is 1. The molecule has 1 aromatic carbocycles. The van der Waals surface area contributed by atoms with E-state index in [9.17, 15) is 9.59 Å². The summed E-state index contributed by atoms with van der Waals surface area (Å²) in [6, 6.07) is 7.63. The molecule has 2 heterocycles. The Hall–Kier alpha value is -2.61. The van der Waals surface area contributed by atoms with Crippen molar-refractivity contribution in [2.75, 3.05) is 19.3 Å². The summed E-state index contributed by atoms with van der Waals surface area (Å²) in [7, 11) is 1.61. The number of furan rings is 1. The molecule has 0 aliphatic heterocycles. The van der Waals surface area contributed by atoms with Crippen LogP contribution >= 0.6 is 11.8 Å². The Morgan fingerprint density at radius 3 is 2.70 bits per heavy atom. The summed E-state index contributed by atoms with van der Waals surface area (Å²) >= 11 is 1.27. The molecule has 1 N–H and O–H groups in total. The number of carbonyl (C=O) groups excluding carboxylic acids is 2. The monoisotopic (exact) mass is 386 g/mol. The van der Waals surface area contributed by atoms with Crippen molar-refractivity contribution in [1.82, 2.24) is 20.2 Å². The molecule has 0 bridgehead atoms. The Bertz CT molecular complexity index is 993.